The fourth-order valence-electron chi connectivity index (χ4n) is 1.88. The summed E-state index contributed by atoms with van der Waals surface area (Å²) in [7, 11) is 0. The first-order valence-corrected chi connectivity index (χ1v) is 4.76. The van der Waals surface area contributed by atoms with Gasteiger partial charge in [0.05, 0.1) is 0 Å². The van der Waals surface area contributed by atoms with Crippen molar-refractivity contribution in [3.8, 4) is 0 Å². The molecule has 0 aliphatic heterocycles. The second-order valence-corrected chi connectivity index (χ2v) is 3.81. The molecule has 0 saturated heterocycles. The minimum Gasteiger partial charge on any atom is -0.326 e. The molecule has 1 nitrogen and oxygen atoms in total. The molecule has 0 aromatic heterocycles. The Labute approximate surface area is 93.1 Å². The SMILES string of the molecule is Cc1c(C)c(C)c(CN)c(C)c1C.Cl. The number of hydrogen-bond donors (Lipinski definition) is 1. The van der Waals surface area contributed by atoms with E-state index in [2.05, 4.69) is 34.6 Å². The minimum atomic E-state index is 0. The number of hydrogen-bond acceptors (Lipinski definition) is 1. The third-order valence-electron chi connectivity index (χ3n) is 3.36. The molecule has 0 aliphatic carbocycles. The lowest BCUT2D eigenvalue weighted by Gasteiger charge is -2.17. The summed E-state index contributed by atoms with van der Waals surface area (Å²) < 4.78 is 0. The first-order chi connectivity index (χ1) is 6.00. The van der Waals surface area contributed by atoms with Crippen LogP contribution in [0.4, 0.5) is 0 Å². The van der Waals surface area contributed by atoms with Crippen molar-refractivity contribution >= 4 is 12.4 Å². The van der Waals surface area contributed by atoms with E-state index in [1.165, 1.54) is 33.4 Å². The van der Waals surface area contributed by atoms with E-state index in [0.717, 1.165) is 0 Å². The Kier molecular flexibility index (Phi) is 4.63. The highest BCUT2D eigenvalue weighted by Crippen LogP contribution is 2.25. The number of rotatable bonds is 1. The first kappa shape index (κ1) is 13.5. The van der Waals surface area contributed by atoms with Gasteiger partial charge in [-0.1, -0.05) is 0 Å². The highest BCUT2D eigenvalue weighted by Gasteiger charge is 2.09. The molecule has 1 aromatic carbocycles. The molecule has 0 spiro atoms. The van der Waals surface area contributed by atoms with Crippen molar-refractivity contribution in [1.29, 1.82) is 0 Å². The Morgan fingerprint density at radius 2 is 1.00 bits per heavy atom. The van der Waals surface area contributed by atoms with Gasteiger partial charge in [-0.3, -0.25) is 0 Å². The van der Waals surface area contributed by atoms with Gasteiger partial charge in [-0.15, -0.1) is 12.4 Å². The average molecular weight is 214 g/mol. The van der Waals surface area contributed by atoms with Crippen molar-refractivity contribution in [3.05, 3.63) is 33.4 Å². The van der Waals surface area contributed by atoms with Crippen molar-refractivity contribution in [3.63, 3.8) is 0 Å². The Balaban J connectivity index is 0.00000169. The quantitative estimate of drug-likeness (QED) is 0.763. The average Bonchev–Trinajstić information content (AvgIpc) is 2.13. The molecular formula is C12H20ClN. The summed E-state index contributed by atoms with van der Waals surface area (Å²) in [6, 6.07) is 0. The van der Waals surface area contributed by atoms with Gasteiger partial charge in [0.1, 0.15) is 0 Å². The third-order valence-corrected chi connectivity index (χ3v) is 3.36. The number of benzene rings is 1. The molecule has 14 heavy (non-hydrogen) atoms. The Bertz CT molecular complexity index is 314. The molecule has 80 valence electrons. The summed E-state index contributed by atoms with van der Waals surface area (Å²) in [4.78, 5) is 0. The monoisotopic (exact) mass is 213 g/mol. The second-order valence-electron chi connectivity index (χ2n) is 3.81. The zero-order valence-electron chi connectivity index (χ0n) is 9.69. The summed E-state index contributed by atoms with van der Waals surface area (Å²) in [5.41, 5.74) is 14.0. The Morgan fingerprint density at radius 3 is 1.29 bits per heavy atom. The van der Waals surface area contributed by atoms with Crippen LogP contribution in [0.15, 0.2) is 0 Å². The summed E-state index contributed by atoms with van der Waals surface area (Å²) in [5.74, 6) is 0. The van der Waals surface area contributed by atoms with Gasteiger partial charge in [-0.25, -0.2) is 0 Å². The van der Waals surface area contributed by atoms with E-state index in [-0.39, 0.29) is 12.4 Å². The highest BCUT2D eigenvalue weighted by atomic mass is 35.5. The maximum atomic E-state index is 5.74. The number of halogens is 1. The van der Waals surface area contributed by atoms with Crippen LogP contribution < -0.4 is 5.73 Å². The lowest BCUT2D eigenvalue weighted by atomic mass is 9.90. The number of nitrogens with two attached hydrogens (primary N) is 1. The smallest absolute Gasteiger partial charge is 0.0183 e. The molecule has 0 heterocycles. The lowest BCUT2D eigenvalue weighted by Crippen LogP contribution is -2.07. The van der Waals surface area contributed by atoms with Gasteiger partial charge in [-0.05, 0) is 68.0 Å². The largest absolute Gasteiger partial charge is 0.326 e. The summed E-state index contributed by atoms with van der Waals surface area (Å²) in [6.45, 7) is 11.5. The molecule has 0 amide bonds. The summed E-state index contributed by atoms with van der Waals surface area (Å²) in [5, 5.41) is 0. The van der Waals surface area contributed by atoms with Crippen LogP contribution in [0.25, 0.3) is 0 Å². The third kappa shape index (κ3) is 1.94. The normalized spacial score (nSPS) is 9.86. The molecular weight excluding hydrogens is 194 g/mol. The van der Waals surface area contributed by atoms with E-state index >= 15 is 0 Å². The van der Waals surface area contributed by atoms with E-state index < -0.39 is 0 Å². The van der Waals surface area contributed by atoms with Crippen LogP contribution >= 0.6 is 12.4 Å². The van der Waals surface area contributed by atoms with Crippen LogP contribution in [0, 0.1) is 34.6 Å². The predicted molar refractivity (Wildman–Crippen MR) is 65.3 cm³/mol. The van der Waals surface area contributed by atoms with Crippen LogP contribution in [-0.4, -0.2) is 0 Å². The van der Waals surface area contributed by atoms with Gasteiger partial charge in [0.25, 0.3) is 0 Å². The zero-order chi connectivity index (χ0) is 10.2. The first-order valence-electron chi connectivity index (χ1n) is 4.76. The standard InChI is InChI=1S/C12H19N.ClH/c1-7-8(2)10(4)12(6-13)11(5)9(7)3;/h6,13H2,1-5H3;1H. The second kappa shape index (κ2) is 4.81. The molecule has 2 N–H and O–H groups in total. The van der Waals surface area contributed by atoms with Gasteiger partial charge >= 0.3 is 0 Å². The van der Waals surface area contributed by atoms with Gasteiger partial charge in [0.15, 0.2) is 0 Å². The molecule has 0 fully saturated rings. The van der Waals surface area contributed by atoms with Crippen LogP contribution in [-0.2, 0) is 6.54 Å². The molecule has 2 heteroatoms. The van der Waals surface area contributed by atoms with Gasteiger partial charge in [0.2, 0.25) is 0 Å². The van der Waals surface area contributed by atoms with Gasteiger partial charge in [0, 0.05) is 6.54 Å². The predicted octanol–water partition coefficient (Wildman–Crippen LogP) is 3.11. The van der Waals surface area contributed by atoms with Crippen molar-refractivity contribution in [2.24, 2.45) is 5.73 Å². The van der Waals surface area contributed by atoms with E-state index in [9.17, 15) is 0 Å². The Hall–Kier alpha value is -0.530. The molecule has 0 bridgehead atoms. The van der Waals surface area contributed by atoms with Crippen molar-refractivity contribution in [2.45, 2.75) is 41.2 Å². The topological polar surface area (TPSA) is 26.0 Å². The molecule has 0 radical (unpaired) electrons. The van der Waals surface area contributed by atoms with Crippen molar-refractivity contribution < 1.29 is 0 Å². The van der Waals surface area contributed by atoms with Crippen molar-refractivity contribution in [1.82, 2.24) is 0 Å². The van der Waals surface area contributed by atoms with Crippen LogP contribution in [0.1, 0.15) is 33.4 Å². The molecule has 0 unspecified atom stereocenters. The van der Waals surface area contributed by atoms with E-state index in [1.807, 2.05) is 0 Å². The minimum absolute atomic E-state index is 0. The molecule has 0 saturated carbocycles. The van der Waals surface area contributed by atoms with Crippen LogP contribution in [0.5, 0.6) is 0 Å². The summed E-state index contributed by atoms with van der Waals surface area (Å²) in [6.07, 6.45) is 0. The Morgan fingerprint density at radius 1 is 0.714 bits per heavy atom. The maximum absolute atomic E-state index is 5.74. The van der Waals surface area contributed by atoms with E-state index in [0.29, 0.717) is 6.54 Å². The highest BCUT2D eigenvalue weighted by molar-refractivity contribution is 5.85. The van der Waals surface area contributed by atoms with Crippen LogP contribution in [0.2, 0.25) is 0 Å². The fourth-order valence-corrected chi connectivity index (χ4v) is 1.88. The zero-order valence-corrected chi connectivity index (χ0v) is 10.5. The van der Waals surface area contributed by atoms with Gasteiger partial charge in [-0.2, -0.15) is 0 Å². The summed E-state index contributed by atoms with van der Waals surface area (Å²) >= 11 is 0. The molecule has 0 aliphatic rings. The van der Waals surface area contributed by atoms with E-state index in [1.54, 1.807) is 0 Å². The molecule has 1 rings (SSSR count). The van der Waals surface area contributed by atoms with E-state index in [4.69, 9.17) is 5.73 Å². The molecule has 1 aromatic rings. The lowest BCUT2D eigenvalue weighted by molar-refractivity contribution is 0.997. The maximum Gasteiger partial charge on any atom is 0.0183 e. The fraction of sp³-hybridized carbons (Fsp3) is 0.500. The van der Waals surface area contributed by atoms with Crippen LogP contribution in [0.3, 0.4) is 0 Å². The van der Waals surface area contributed by atoms with Crippen molar-refractivity contribution in [2.75, 3.05) is 0 Å². The van der Waals surface area contributed by atoms with Gasteiger partial charge < -0.3 is 5.73 Å². The molecule has 0 atom stereocenters.